The Morgan fingerprint density at radius 3 is 1.17 bits per heavy atom. The van der Waals surface area contributed by atoms with Gasteiger partial charge in [0, 0.05) is 48.5 Å². The van der Waals surface area contributed by atoms with E-state index in [1.54, 1.807) is 0 Å². The minimum Gasteiger partial charge on any atom is -0.364 e. The number of aromatic nitrogens is 6. The fraction of sp³-hybridized carbons (Fsp3) is 0.0500. The van der Waals surface area contributed by atoms with E-state index in [-0.39, 0.29) is 12.1 Å². The van der Waals surface area contributed by atoms with Gasteiger partial charge in [-0.15, -0.1) is 0 Å². The van der Waals surface area contributed by atoms with Crippen LogP contribution in [0.4, 0.5) is 0 Å². The quantitative estimate of drug-likeness (QED) is 0.226. The molecule has 3 aliphatic rings. The van der Waals surface area contributed by atoms with Crippen LogP contribution in [-0.4, -0.2) is 22.1 Å². The van der Waals surface area contributed by atoms with Crippen LogP contribution in [-0.2, 0) is 0 Å². The highest BCUT2D eigenvalue weighted by Gasteiger charge is 2.34. The summed E-state index contributed by atoms with van der Waals surface area (Å²) in [7, 11) is 0. The van der Waals surface area contributed by atoms with Crippen molar-refractivity contribution in [1.82, 2.24) is 20.6 Å². The average Bonchev–Trinajstić information content (AvgIpc) is 3.98. The lowest BCUT2D eigenvalue weighted by molar-refractivity contribution is -0.585. The summed E-state index contributed by atoms with van der Waals surface area (Å²) in [5.74, 6) is 0. The van der Waals surface area contributed by atoms with E-state index in [9.17, 15) is 0 Å². The van der Waals surface area contributed by atoms with Crippen LogP contribution < -0.4 is 39.6 Å². The Morgan fingerprint density at radius 1 is 0.396 bits per heavy atom. The maximum Gasteiger partial charge on any atom is 0.257 e. The first-order valence-electron chi connectivity index (χ1n) is 16.2. The van der Waals surface area contributed by atoms with Gasteiger partial charge in [0.05, 0.1) is 0 Å². The summed E-state index contributed by atoms with van der Waals surface area (Å²) in [4.78, 5) is 7.64. The number of allylic oxidation sites excluding steroid dienone is 2. The van der Waals surface area contributed by atoms with Crippen molar-refractivity contribution in [3.8, 4) is 0 Å². The third-order valence-electron chi connectivity index (χ3n) is 9.00. The van der Waals surface area contributed by atoms with E-state index in [0.29, 0.717) is 0 Å². The number of aromatic amines is 2. The smallest absolute Gasteiger partial charge is 0.257 e. The Morgan fingerprint density at radius 2 is 0.771 bits per heavy atom. The molecule has 8 bridgehead atoms. The van der Waals surface area contributed by atoms with Crippen molar-refractivity contribution in [3.05, 3.63) is 204 Å². The first-order valence-corrected chi connectivity index (χ1v) is 16.2. The largest absolute Gasteiger partial charge is 0.364 e. The number of H-pyrrole nitrogens is 2. The molecule has 0 fully saturated rings. The highest BCUT2D eigenvalue weighted by Crippen LogP contribution is 2.25. The molecule has 2 unspecified atom stereocenters. The van der Waals surface area contributed by atoms with E-state index in [0.717, 1.165) is 56.3 Å². The lowest BCUT2D eigenvalue weighted by atomic mass is 10.2. The number of fused-ring (bicyclic) bond motifs is 8. The van der Waals surface area contributed by atoms with Gasteiger partial charge in [-0.1, -0.05) is 24.3 Å². The molecule has 9 heterocycles. The molecule has 0 saturated carbocycles. The number of rotatable bonds is 4. The van der Waals surface area contributed by atoms with Crippen LogP contribution in [0.25, 0.3) is 22.8 Å². The van der Waals surface area contributed by atoms with Gasteiger partial charge in [0.15, 0.2) is 49.6 Å². The summed E-state index contributed by atoms with van der Waals surface area (Å²) in [6.07, 6.45) is 25.7. The molecule has 0 radical (unpaired) electrons. The monoisotopic (exact) mass is 626 g/mol. The summed E-state index contributed by atoms with van der Waals surface area (Å²) in [6, 6.07) is 33.2. The van der Waals surface area contributed by atoms with Crippen molar-refractivity contribution in [2.45, 2.75) is 12.1 Å². The first-order chi connectivity index (χ1) is 23.8. The second-order valence-corrected chi connectivity index (χ2v) is 12.0. The second-order valence-electron chi connectivity index (χ2n) is 12.0. The number of nitrogens with one attached hydrogen (secondary N) is 4. The van der Waals surface area contributed by atoms with Gasteiger partial charge in [-0.2, -0.15) is 18.3 Å². The zero-order valence-corrected chi connectivity index (χ0v) is 26.1. The predicted molar refractivity (Wildman–Crippen MR) is 182 cm³/mol. The average molecular weight is 627 g/mol. The van der Waals surface area contributed by atoms with E-state index in [4.69, 9.17) is 0 Å². The van der Waals surface area contributed by atoms with Crippen LogP contribution in [0, 0.1) is 0 Å². The lowest BCUT2D eigenvalue weighted by Gasteiger charge is -2.13. The van der Waals surface area contributed by atoms with E-state index in [1.807, 2.05) is 24.3 Å². The maximum atomic E-state index is 3.88. The van der Waals surface area contributed by atoms with Crippen LogP contribution in [0.15, 0.2) is 182 Å². The minimum absolute atomic E-state index is 0.0974. The predicted octanol–water partition coefficient (Wildman–Crippen LogP) is 2.01. The second kappa shape index (κ2) is 11.7. The van der Waals surface area contributed by atoms with Crippen LogP contribution in [0.5, 0.6) is 0 Å². The third kappa shape index (κ3) is 4.87. The normalized spacial score (nSPS) is 23.6. The lowest BCUT2D eigenvalue weighted by Crippen LogP contribution is -2.48. The molecule has 0 saturated heterocycles. The Balaban J connectivity index is 1.36. The number of nitrogens with zero attached hydrogens (tertiary/aromatic N) is 4. The van der Waals surface area contributed by atoms with Gasteiger partial charge >= 0.3 is 0 Å². The minimum atomic E-state index is -0.0974. The Bertz CT molecular complexity index is 2220. The highest BCUT2D eigenvalue weighted by atomic mass is 15.1. The van der Waals surface area contributed by atoms with Gasteiger partial charge in [-0.3, -0.25) is 0 Å². The number of hydrogen-bond acceptors (Lipinski definition) is 2. The molecule has 8 nitrogen and oxygen atoms in total. The van der Waals surface area contributed by atoms with Crippen molar-refractivity contribution in [2.75, 3.05) is 0 Å². The van der Waals surface area contributed by atoms with Gasteiger partial charge < -0.3 is 20.6 Å². The van der Waals surface area contributed by atoms with Crippen LogP contribution in [0.3, 0.4) is 0 Å². The van der Waals surface area contributed by atoms with Crippen LogP contribution in [0.1, 0.15) is 11.4 Å². The van der Waals surface area contributed by atoms with E-state index in [2.05, 4.69) is 186 Å². The molecule has 3 aliphatic heterocycles. The Labute approximate surface area is 277 Å². The zero-order chi connectivity index (χ0) is 31.9. The number of hydrogen-bond donors (Lipinski definition) is 4. The van der Waals surface area contributed by atoms with E-state index >= 15 is 0 Å². The zero-order valence-electron chi connectivity index (χ0n) is 26.1. The van der Waals surface area contributed by atoms with Crippen LogP contribution in [0.2, 0.25) is 0 Å². The summed E-state index contributed by atoms with van der Waals surface area (Å²) in [5.41, 5.74) is 8.29. The molecule has 0 amide bonds. The fourth-order valence-corrected chi connectivity index (χ4v) is 6.89. The van der Waals surface area contributed by atoms with Gasteiger partial charge in [0.1, 0.15) is 45.6 Å². The van der Waals surface area contributed by atoms with E-state index < -0.39 is 0 Å². The van der Waals surface area contributed by atoms with Gasteiger partial charge in [-0.05, 0) is 48.6 Å². The molecular weight excluding hydrogens is 592 g/mol. The first kappa shape index (κ1) is 27.7. The highest BCUT2D eigenvalue weighted by molar-refractivity contribution is 5.70. The van der Waals surface area contributed by atoms with Gasteiger partial charge in [0.2, 0.25) is 11.4 Å². The van der Waals surface area contributed by atoms with Crippen molar-refractivity contribution in [3.63, 3.8) is 0 Å². The summed E-state index contributed by atoms with van der Waals surface area (Å²) in [6.45, 7) is 0. The van der Waals surface area contributed by atoms with Gasteiger partial charge in [-0.25, -0.2) is 0 Å². The molecule has 6 aromatic rings. The summed E-state index contributed by atoms with van der Waals surface area (Å²) in [5, 5.41) is 9.81. The molecule has 0 aliphatic carbocycles. The number of pyridine rings is 4. The molecule has 4 N–H and O–H groups in total. The van der Waals surface area contributed by atoms with Crippen LogP contribution >= 0.6 is 0 Å². The van der Waals surface area contributed by atoms with Crippen molar-refractivity contribution < 1.29 is 18.3 Å². The SMILES string of the molecule is C1=CC2N/C1=C(/[n+]1ccccc1)c1ccc([nH]1)/C([n+]1ccccc1)=C1/C=CC(N1)/C([n+]1ccccc1)=c1/cc/c([nH]1)=C/2[n+]1ccccc1. The molecule has 48 heavy (non-hydrogen) atoms. The van der Waals surface area contributed by atoms with Crippen molar-refractivity contribution >= 4 is 22.8 Å². The summed E-state index contributed by atoms with van der Waals surface area (Å²) < 4.78 is 8.72. The molecule has 230 valence electrons. The standard InChI is InChI=1S/C40H34N8/c1-5-21-45(22-6-1)37-29-13-15-31(41-29)38(46-23-7-2-8-24-46)33-17-19-35(43-33)40(48-27-11-4-12-28-48)36-20-18-34(44-36)39(32-16-14-30(37)42-32)47-25-9-3-10-26-47/h1-29,34,41-44H/q+4/b37-30+,38-31+,39-32+,40-36+. The fourth-order valence-electron chi connectivity index (χ4n) is 6.89. The van der Waals surface area contributed by atoms with Crippen molar-refractivity contribution in [1.29, 1.82) is 0 Å². The molecular formula is C40H34N8+4. The Hall–Kier alpha value is -6.54. The Kier molecular flexibility index (Phi) is 6.75. The van der Waals surface area contributed by atoms with E-state index in [1.165, 1.54) is 0 Å². The molecule has 0 aromatic carbocycles. The van der Waals surface area contributed by atoms with Gasteiger partial charge in [0.25, 0.3) is 11.4 Å². The molecule has 8 heteroatoms. The maximum absolute atomic E-state index is 3.88. The molecule has 2 atom stereocenters. The summed E-state index contributed by atoms with van der Waals surface area (Å²) >= 11 is 0. The van der Waals surface area contributed by atoms with Crippen molar-refractivity contribution in [2.24, 2.45) is 0 Å². The third-order valence-corrected chi connectivity index (χ3v) is 9.00. The molecule has 6 aromatic heterocycles. The molecule has 0 spiro atoms. The topological polar surface area (TPSA) is 71.2 Å². The molecule has 9 rings (SSSR count).